The number of carbonyl (C=O) groups excluding carboxylic acids is 1. The van der Waals surface area contributed by atoms with Gasteiger partial charge in [-0.3, -0.25) is 0 Å². The van der Waals surface area contributed by atoms with Gasteiger partial charge in [0.1, 0.15) is 0 Å². The van der Waals surface area contributed by atoms with Crippen molar-refractivity contribution >= 4 is 5.97 Å². The van der Waals surface area contributed by atoms with Crippen molar-refractivity contribution in [2.75, 3.05) is 0 Å². The minimum Gasteiger partial charge on any atom is -0.459 e. The zero-order valence-corrected chi connectivity index (χ0v) is 10.5. The first kappa shape index (κ1) is 15.5. The molecule has 4 nitrogen and oxygen atoms in total. The summed E-state index contributed by atoms with van der Waals surface area (Å²) >= 11 is 0. The third kappa shape index (κ3) is 3.45. The van der Waals surface area contributed by atoms with Crippen LogP contribution in [0, 0.1) is 0 Å². The molecule has 0 saturated heterocycles. The average Bonchev–Trinajstić information content (AvgIpc) is 2.26. The van der Waals surface area contributed by atoms with Gasteiger partial charge in [-0.1, -0.05) is 12.1 Å². The molecule has 106 valence electrons. The Morgan fingerprint density at radius 1 is 1.16 bits per heavy atom. The standard InChI is InChI=1S/C12H15F3N2O2/c1-7(2)19-10(18)8-3-5-9(6-4-8)11(16,17)12(13,14)15/h3-7H,16-17H2,1-2H3. The fourth-order valence-electron chi connectivity index (χ4n) is 1.33. The topological polar surface area (TPSA) is 78.3 Å². The Morgan fingerprint density at radius 2 is 1.63 bits per heavy atom. The quantitative estimate of drug-likeness (QED) is 0.652. The molecule has 0 spiro atoms. The molecule has 4 N–H and O–H groups in total. The lowest BCUT2D eigenvalue weighted by Crippen LogP contribution is -2.57. The van der Waals surface area contributed by atoms with E-state index in [9.17, 15) is 18.0 Å². The van der Waals surface area contributed by atoms with Crippen molar-refractivity contribution in [3.8, 4) is 0 Å². The van der Waals surface area contributed by atoms with Crippen LogP contribution in [0.3, 0.4) is 0 Å². The normalized spacial score (nSPS) is 12.6. The largest absolute Gasteiger partial charge is 0.459 e. The minimum absolute atomic E-state index is 0.135. The highest BCUT2D eigenvalue weighted by Gasteiger charge is 2.50. The van der Waals surface area contributed by atoms with E-state index < -0.39 is 17.8 Å². The summed E-state index contributed by atoms with van der Waals surface area (Å²) in [6.07, 6.45) is -5.10. The van der Waals surface area contributed by atoms with E-state index >= 15 is 0 Å². The Bertz CT molecular complexity index is 453. The van der Waals surface area contributed by atoms with Crippen LogP contribution in [0.5, 0.6) is 0 Å². The van der Waals surface area contributed by atoms with Gasteiger partial charge in [-0.05, 0) is 31.5 Å². The molecule has 7 heteroatoms. The Kier molecular flexibility index (Phi) is 4.21. The zero-order chi connectivity index (χ0) is 14.8. The number of halogens is 3. The number of hydrogen-bond donors (Lipinski definition) is 2. The molecule has 0 bridgehead atoms. The highest BCUT2D eigenvalue weighted by atomic mass is 19.4. The van der Waals surface area contributed by atoms with Gasteiger partial charge in [0.05, 0.1) is 11.7 Å². The maximum absolute atomic E-state index is 12.6. The monoisotopic (exact) mass is 276 g/mol. The summed E-state index contributed by atoms with van der Waals surface area (Å²) in [5.41, 5.74) is 6.97. The van der Waals surface area contributed by atoms with Gasteiger partial charge in [0.15, 0.2) is 5.66 Å². The van der Waals surface area contributed by atoms with Crippen LogP contribution in [0.4, 0.5) is 13.2 Å². The number of rotatable bonds is 3. The lowest BCUT2D eigenvalue weighted by molar-refractivity contribution is -0.188. The zero-order valence-electron chi connectivity index (χ0n) is 10.5. The molecule has 0 aliphatic carbocycles. The number of carbonyl (C=O) groups is 1. The van der Waals surface area contributed by atoms with E-state index in [1.165, 1.54) is 12.1 Å². The summed E-state index contributed by atoms with van der Waals surface area (Å²) < 4.78 is 42.7. The van der Waals surface area contributed by atoms with Crippen molar-refractivity contribution in [2.24, 2.45) is 11.5 Å². The van der Waals surface area contributed by atoms with Gasteiger partial charge in [0, 0.05) is 0 Å². The molecule has 0 atom stereocenters. The summed E-state index contributed by atoms with van der Waals surface area (Å²) in [6.45, 7) is 3.33. The summed E-state index contributed by atoms with van der Waals surface area (Å²) in [7, 11) is 0. The maximum atomic E-state index is 12.6. The van der Waals surface area contributed by atoms with Gasteiger partial charge < -0.3 is 16.2 Å². The number of hydrogen-bond acceptors (Lipinski definition) is 4. The second kappa shape index (κ2) is 5.18. The van der Waals surface area contributed by atoms with E-state index in [0.717, 1.165) is 12.1 Å². The van der Waals surface area contributed by atoms with E-state index in [-0.39, 0.29) is 17.2 Å². The van der Waals surface area contributed by atoms with Gasteiger partial charge in [-0.2, -0.15) is 13.2 Å². The first-order valence-corrected chi connectivity index (χ1v) is 5.51. The van der Waals surface area contributed by atoms with Crippen LogP contribution >= 0.6 is 0 Å². The molecular weight excluding hydrogens is 261 g/mol. The SMILES string of the molecule is CC(C)OC(=O)c1ccc(C(N)(N)C(F)(F)F)cc1. The van der Waals surface area contributed by atoms with Crippen LogP contribution < -0.4 is 11.5 Å². The van der Waals surface area contributed by atoms with Crippen LogP contribution in [-0.2, 0) is 10.4 Å². The van der Waals surface area contributed by atoms with Crippen LogP contribution in [0.15, 0.2) is 24.3 Å². The van der Waals surface area contributed by atoms with Crippen molar-refractivity contribution in [1.29, 1.82) is 0 Å². The third-order valence-electron chi connectivity index (χ3n) is 2.41. The molecule has 0 radical (unpaired) electrons. The second-order valence-corrected chi connectivity index (χ2v) is 4.40. The molecule has 19 heavy (non-hydrogen) atoms. The highest BCUT2D eigenvalue weighted by molar-refractivity contribution is 5.89. The molecule has 0 fully saturated rings. The van der Waals surface area contributed by atoms with Gasteiger partial charge in [-0.15, -0.1) is 0 Å². The Morgan fingerprint density at radius 3 is 2.00 bits per heavy atom. The van der Waals surface area contributed by atoms with Crippen LogP contribution in [0.2, 0.25) is 0 Å². The Labute approximate surface area is 108 Å². The molecule has 0 aliphatic rings. The fraction of sp³-hybridized carbons (Fsp3) is 0.417. The first-order valence-electron chi connectivity index (χ1n) is 5.51. The van der Waals surface area contributed by atoms with Crippen molar-refractivity contribution in [1.82, 2.24) is 0 Å². The molecule has 0 unspecified atom stereocenters. The van der Waals surface area contributed by atoms with Crippen LogP contribution in [0.25, 0.3) is 0 Å². The second-order valence-electron chi connectivity index (χ2n) is 4.40. The molecular formula is C12H15F3N2O2. The van der Waals surface area contributed by atoms with Gasteiger partial charge in [-0.25, -0.2) is 4.79 Å². The smallest absolute Gasteiger partial charge is 0.423 e. The predicted octanol–water partition coefficient (Wildman–Crippen LogP) is 1.88. The number of benzene rings is 1. The lowest BCUT2D eigenvalue weighted by atomic mass is 9.99. The van der Waals surface area contributed by atoms with E-state index in [0.29, 0.717) is 0 Å². The summed E-state index contributed by atoms with van der Waals surface area (Å²) in [5, 5.41) is 0. The van der Waals surface area contributed by atoms with Gasteiger partial charge in [0.25, 0.3) is 0 Å². The molecule has 0 amide bonds. The highest BCUT2D eigenvalue weighted by Crippen LogP contribution is 2.32. The number of nitrogens with two attached hydrogens (primary N) is 2. The van der Waals surface area contributed by atoms with E-state index in [1.807, 2.05) is 0 Å². The molecule has 0 saturated carbocycles. The molecule has 0 heterocycles. The fourth-order valence-corrected chi connectivity index (χ4v) is 1.33. The number of alkyl halides is 3. The summed E-state index contributed by atoms with van der Waals surface area (Å²) in [5.74, 6) is -0.617. The van der Waals surface area contributed by atoms with Crippen molar-refractivity contribution in [2.45, 2.75) is 31.8 Å². The van der Waals surface area contributed by atoms with Crippen molar-refractivity contribution in [3.05, 3.63) is 35.4 Å². The third-order valence-corrected chi connectivity index (χ3v) is 2.41. The Hall–Kier alpha value is -1.60. The number of ether oxygens (including phenoxy) is 1. The van der Waals surface area contributed by atoms with E-state index in [2.05, 4.69) is 0 Å². The first-order chi connectivity index (χ1) is 8.55. The predicted molar refractivity (Wildman–Crippen MR) is 63.1 cm³/mol. The summed E-state index contributed by atoms with van der Waals surface area (Å²) in [4.78, 5) is 11.5. The van der Waals surface area contributed by atoms with Crippen LogP contribution in [-0.4, -0.2) is 18.2 Å². The summed E-state index contributed by atoms with van der Waals surface area (Å²) in [6, 6.07) is 4.51. The molecule has 1 aromatic rings. The van der Waals surface area contributed by atoms with E-state index in [1.54, 1.807) is 13.8 Å². The molecule has 0 aliphatic heterocycles. The van der Waals surface area contributed by atoms with E-state index in [4.69, 9.17) is 16.2 Å². The van der Waals surface area contributed by atoms with Gasteiger partial charge in [0.2, 0.25) is 0 Å². The Balaban J connectivity index is 2.97. The van der Waals surface area contributed by atoms with Crippen molar-refractivity contribution in [3.63, 3.8) is 0 Å². The van der Waals surface area contributed by atoms with Crippen LogP contribution in [0.1, 0.15) is 29.8 Å². The molecule has 1 aromatic carbocycles. The average molecular weight is 276 g/mol. The lowest BCUT2D eigenvalue weighted by Gasteiger charge is -2.27. The van der Waals surface area contributed by atoms with Crippen molar-refractivity contribution < 1.29 is 22.7 Å². The van der Waals surface area contributed by atoms with Gasteiger partial charge >= 0.3 is 12.1 Å². The molecule has 1 rings (SSSR count). The maximum Gasteiger partial charge on any atom is 0.423 e. The minimum atomic E-state index is -4.78. The number of esters is 1. The molecule has 0 aromatic heterocycles.